The fraction of sp³-hybridized carbons (Fsp3) is 0.250. The Bertz CT molecular complexity index is 1540. The van der Waals surface area contributed by atoms with Crippen LogP contribution in [-0.4, -0.2) is 44.5 Å². The summed E-state index contributed by atoms with van der Waals surface area (Å²) in [6.07, 6.45) is -6.09. The number of halogens is 6. The van der Waals surface area contributed by atoms with Gasteiger partial charge in [-0.2, -0.15) is 31.6 Å². The van der Waals surface area contributed by atoms with E-state index in [1.165, 1.54) is 48.4 Å². The first kappa shape index (κ1) is 26.7. The van der Waals surface area contributed by atoms with Gasteiger partial charge in [0.15, 0.2) is 18.0 Å². The number of hydrogen-bond donors (Lipinski definition) is 1. The molecule has 0 saturated heterocycles. The molecule has 0 fully saturated rings. The molecule has 0 aliphatic rings. The van der Waals surface area contributed by atoms with Crippen molar-refractivity contribution >= 4 is 10.9 Å². The van der Waals surface area contributed by atoms with Gasteiger partial charge < -0.3 is 19.1 Å². The average molecular weight is 537 g/mol. The summed E-state index contributed by atoms with van der Waals surface area (Å²) in [5, 5.41) is 21.8. The van der Waals surface area contributed by atoms with Crippen LogP contribution in [-0.2, 0) is 18.8 Å². The van der Waals surface area contributed by atoms with Crippen molar-refractivity contribution in [1.29, 1.82) is 5.26 Å². The molecule has 0 spiro atoms. The summed E-state index contributed by atoms with van der Waals surface area (Å²) >= 11 is 0. The summed E-state index contributed by atoms with van der Waals surface area (Å²) < 4.78 is 90.1. The lowest BCUT2D eigenvalue weighted by molar-refractivity contribution is -0.153. The van der Waals surface area contributed by atoms with Gasteiger partial charge in [0.1, 0.15) is 17.3 Å². The summed E-state index contributed by atoms with van der Waals surface area (Å²) in [5.41, 5.74) is -4.00. The molecule has 14 heteroatoms. The predicted octanol–water partition coefficient (Wildman–Crippen LogP) is 4.49. The molecule has 0 aliphatic carbocycles. The minimum Gasteiger partial charge on any atom is -0.478 e. The Hall–Kier alpha value is -4.38. The Kier molecular flexibility index (Phi) is 6.66. The van der Waals surface area contributed by atoms with Crippen LogP contribution in [0.5, 0.6) is 11.6 Å². The number of fused-ring (bicyclic) bond motifs is 1. The van der Waals surface area contributed by atoms with Crippen LogP contribution in [0.2, 0.25) is 0 Å². The minimum atomic E-state index is -4.81. The van der Waals surface area contributed by atoms with Crippen LogP contribution in [0.4, 0.5) is 26.3 Å². The first-order valence-corrected chi connectivity index (χ1v) is 10.6. The molecule has 3 aromatic heterocycles. The topological polar surface area (TPSA) is 106 Å². The van der Waals surface area contributed by atoms with Crippen molar-refractivity contribution < 1.29 is 40.9 Å². The Morgan fingerprint density at radius 3 is 2.37 bits per heavy atom. The van der Waals surface area contributed by atoms with Gasteiger partial charge >= 0.3 is 12.4 Å². The molecule has 0 amide bonds. The van der Waals surface area contributed by atoms with Crippen molar-refractivity contribution in [3.05, 3.63) is 77.1 Å². The van der Waals surface area contributed by atoms with Crippen molar-refractivity contribution in [2.45, 2.75) is 18.0 Å². The molecule has 1 aromatic carbocycles. The SMILES string of the molecule is COc1nc2ccc(C(O)(c3ccnc(C(F)(F)F)c3)c3cncn3C)cc2c(C#N)c1OCC(F)(F)F. The van der Waals surface area contributed by atoms with Gasteiger partial charge in [0.25, 0.3) is 5.88 Å². The predicted molar refractivity (Wildman–Crippen MR) is 119 cm³/mol. The van der Waals surface area contributed by atoms with Crippen LogP contribution in [0.3, 0.4) is 0 Å². The molecule has 8 nitrogen and oxygen atoms in total. The third-order valence-corrected chi connectivity index (χ3v) is 5.67. The zero-order valence-electron chi connectivity index (χ0n) is 19.6. The first-order chi connectivity index (χ1) is 17.8. The van der Waals surface area contributed by atoms with Crippen LogP contribution < -0.4 is 9.47 Å². The third kappa shape index (κ3) is 4.80. The van der Waals surface area contributed by atoms with Crippen LogP contribution in [0.1, 0.15) is 28.1 Å². The van der Waals surface area contributed by atoms with E-state index in [2.05, 4.69) is 15.0 Å². The van der Waals surface area contributed by atoms with Gasteiger partial charge in [0.05, 0.1) is 30.8 Å². The van der Waals surface area contributed by atoms with Crippen molar-refractivity contribution in [2.75, 3.05) is 13.7 Å². The van der Waals surface area contributed by atoms with Crippen molar-refractivity contribution in [3.63, 3.8) is 0 Å². The number of aliphatic hydroxyl groups is 1. The Balaban J connectivity index is 2.00. The zero-order chi connectivity index (χ0) is 27.9. The molecule has 38 heavy (non-hydrogen) atoms. The second-order valence-corrected chi connectivity index (χ2v) is 8.10. The van der Waals surface area contributed by atoms with Gasteiger partial charge in [-0.3, -0.25) is 4.98 Å². The summed E-state index contributed by atoms with van der Waals surface area (Å²) in [6.45, 7) is -1.74. The van der Waals surface area contributed by atoms with E-state index in [1.54, 1.807) is 6.07 Å². The molecule has 4 rings (SSSR count). The largest absolute Gasteiger partial charge is 0.478 e. The molecule has 0 aliphatic heterocycles. The van der Waals surface area contributed by atoms with Gasteiger partial charge in [-0.15, -0.1) is 0 Å². The summed E-state index contributed by atoms with van der Waals surface area (Å²) in [4.78, 5) is 11.4. The number of benzene rings is 1. The number of imidazole rings is 1. The number of nitrogens with zero attached hydrogens (tertiary/aromatic N) is 5. The Morgan fingerprint density at radius 1 is 1.08 bits per heavy atom. The average Bonchev–Trinajstić information content (AvgIpc) is 3.31. The van der Waals surface area contributed by atoms with E-state index in [1.807, 2.05) is 0 Å². The number of alkyl halides is 6. The number of methoxy groups -OCH3 is 1. The van der Waals surface area contributed by atoms with Gasteiger partial charge in [0.2, 0.25) is 0 Å². The number of aromatic nitrogens is 4. The molecule has 0 radical (unpaired) electrons. The van der Waals surface area contributed by atoms with E-state index in [0.717, 1.165) is 13.3 Å². The second kappa shape index (κ2) is 9.49. The highest BCUT2D eigenvalue weighted by Gasteiger charge is 2.40. The molecule has 4 aromatic rings. The maximum Gasteiger partial charge on any atom is 0.433 e. The number of pyridine rings is 2. The normalized spacial score (nSPS) is 13.7. The summed E-state index contributed by atoms with van der Waals surface area (Å²) in [7, 11) is 2.64. The molecule has 0 bridgehead atoms. The van der Waals surface area contributed by atoms with E-state index in [4.69, 9.17) is 9.47 Å². The highest BCUT2D eigenvalue weighted by Crippen LogP contribution is 2.42. The van der Waals surface area contributed by atoms with Gasteiger partial charge in [0, 0.05) is 18.6 Å². The van der Waals surface area contributed by atoms with Crippen molar-refractivity contribution in [2.24, 2.45) is 7.05 Å². The zero-order valence-corrected chi connectivity index (χ0v) is 19.6. The van der Waals surface area contributed by atoms with Crippen LogP contribution in [0.25, 0.3) is 10.9 Å². The van der Waals surface area contributed by atoms with Crippen molar-refractivity contribution in [1.82, 2.24) is 19.5 Å². The lowest BCUT2D eigenvalue weighted by Crippen LogP contribution is -2.31. The molecular weight excluding hydrogens is 520 g/mol. The monoisotopic (exact) mass is 537 g/mol. The third-order valence-electron chi connectivity index (χ3n) is 5.67. The highest BCUT2D eigenvalue weighted by atomic mass is 19.4. The molecule has 3 heterocycles. The fourth-order valence-corrected chi connectivity index (χ4v) is 3.96. The van der Waals surface area contributed by atoms with E-state index in [9.17, 15) is 36.7 Å². The molecule has 1 unspecified atom stereocenters. The van der Waals surface area contributed by atoms with E-state index < -0.39 is 36.0 Å². The molecule has 1 atom stereocenters. The lowest BCUT2D eigenvalue weighted by Gasteiger charge is -2.30. The molecule has 0 saturated carbocycles. The van der Waals surface area contributed by atoms with E-state index in [-0.39, 0.29) is 39.2 Å². The highest BCUT2D eigenvalue weighted by molar-refractivity contribution is 5.89. The molecule has 1 N–H and O–H groups in total. The van der Waals surface area contributed by atoms with Crippen LogP contribution >= 0.6 is 0 Å². The first-order valence-electron chi connectivity index (χ1n) is 10.6. The summed E-state index contributed by atoms with van der Waals surface area (Å²) in [6, 6.07) is 7.56. The number of rotatable bonds is 6. The Morgan fingerprint density at radius 2 is 1.79 bits per heavy atom. The number of aryl methyl sites for hydroxylation is 1. The molecule has 198 valence electrons. The Labute approximate surface area is 210 Å². The lowest BCUT2D eigenvalue weighted by atomic mass is 9.82. The maximum atomic E-state index is 13.4. The quantitative estimate of drug-likeness (QED) is 0.362. The van der Waals surface area contributed by atoms with Gasteiger partial charge in [-0.1, -0.05) is 6.07 Å². The second-order valence-electron chi connectivity index (χ2n) is 8.10. The number of ether oxygens (including phenoxy) is 2. The number of hydrogen-bond acceptors (Lipinski definition) is 7. The standard InChI is InChI=1S/C24H17F6N5O3/c1-35-12-32-10-19(35)23(36,14-5-6-33-18(8-14)24(28,29)30)13-3-4-17-15(7-13)16(9-31)20(21(34-17)37-2)38-11-22(25,26)27/h3-8,10,12,36H,11H2,1-2H3. The van der Waals surface area contributed by atoms with Crippen molar-refractivity contribution in [3.8, 4) is 17.7 Å². The summed E-state index contributed by atoms with van der Waals surface area (Å²) in [5.74, 6) is -0.957. The molecular formula is C24H17F6N5O3. The number of nitriles is 1. The van der Waals surface area contributed by atoms with E-state index in [0.29, 0.717) is 6.07 Å². The minimum absolute atomic E-state index is 0.0295. The smallest absolute Gasteiger partial charge is 0.433 e. The fourth-order valence-electron chi connectivity index (χ4n) is 3.96. The van der Waals surface area contributed by atoms with E-state index >= 15 is 0 Å². The van der Waals surface area contributed by atoms with Gasteiger partial charge in [-0.25, -0.2) is 9.97 Å². The van der Waals surface area contributed by atoms with Gasteiger partial charge in [-0.05, 0) is 35.4 Å². The van der Waals surface area contributed by atoms with Crippen LogP contribution in [0, 0.1) is 11.3 Å². The van der Waals surface area contributed by atoms with Crippen LogP contribution in [0.15, 0.2) is 49.1 Å². The maximum absolute atomic E-state index is 13.4.